The van der Waals surface area contributed by atoms with Gasteiger partial charge in [-0.15, -0.1) is 10.2 Å². The molecule has 0 fully saturated rings. The van der Waals surface area contributed by atoms with Crippen LogP contribution >= 0.6 is 0 Å². The molecule has 0 atom stereocenters. The minimum absolute atomic E-state index is 0.254. The minimum Gasteiger partial charge on any atom is -0.352 e. The van der Waals surface area contributed by atoms with E-state index in [1.807, 2.05) is 0 Å². The van der Waals surface area contributed by atoms with Gasteiger partial charge < -0.3 is 10.3 Å². The molecule has 2 N–H and O–H groups in total. The number of alkyl halides is 3. The number of nitrogens with one attached hydrogen (secondary N) is 2. The maximum absolute atomic E-state index is 12.8. The molecule has 29 heavy (non-hydrogen) atoms. The summed E-state index contributed by atoms with van der Waals surface area (Å²) in [6.07, 6.45) is -0.932. The fourth-order valence-corrected chi connectivity index (χ4v) is 2.87. The summed E-state index contributed by atoms with van der Waals surface area (Å²) in [5, 5.41) is 10.2. The van der Waals surface area contributed by atoms with Crippen LogP contribution in [0.3, 0.4) is 0 Å². The Labute approximate surface area is 162 Å². The number of carbonyl (C=O) groups excluding carboxylic acids is 1. The minimum atomic E-state index is -4.41. The highest BCUT2D eigenvalue weighted by Crippen LogP contribution is 2.30. The lowest BCUT2D eigenvalue weighted by Gasteiger charge is -2.06. The molecule has 0 saturated heterocycles. The summed E-state index contributed by atoms with van der Waals surface area (Å²) in [6.45, 7) is 0.290. The third-order valence-corrected chi connectivity index (χ3v) is 4.35. The third kappa shape index (κ3) is 4.10. The second-order valence-electron chi connectivity index (χ2n) is 6.34. The number of fused-ring (bicyclic) bond motifs is 1. The fraction of sp³-hybridized carbons (Fsp3) is 0.158. The number of imidazole rings is 1. The molecule has 0 aliphatic rings. The summed E-state index contributed by atoms with van der Waals surface area (Å²) in [7, 11) is 0. The van der Waals surface area contributed by atoms with Gasteiger partial charge in [-0.05, 0) is 42.5 Å². The summed E-state index contributed by atoms with van der Waals surface area (Å²) in [4.78, 5) is 19.4. The zero-order chi connectivity index (χ0) is 20.4. The molecule has 2 aromatic carbocycles. The summed E-state index contributed by atoms with van der Waals surface area (Å²) in [5.41, 5.74) is 1.34. The second kappa shape index (κ2) is 7.38. The number of benzene rings is 2. The molecule has 4 aromatic rings. The van der Waals surface area contributed by atoms with Crippen LogP contribution in [-0.2, 0) is 12.6 Å². The first-order valence-corrected chi connectivity index (χ1v) is 8.69. The van der Waals surface area contributed by atoms with Crippen LogP contribution < -0.4 is 5.32 Å². The van der Waals surface area contributed by atoms with Crippen LogP contribution in [0, 0.1) is 0 Å². The van der Waals surface area contributed by atoms with E-state index in [9.17, 15) is 18.0 Å². The molecular formula is C19H15F3N6O. The predicted molar refractivity (Wildman–Crippen MR) is 98.5 cm³/mol. The monoisotopic (exact) mass is 400 g/mol. The first kappa shape index (κ1) is 18.7. The van der Waals surface area contributed by atoms with Crippen molar-refractivity contribution in [3.8, 4) is 5.69 Å². The molecule has 0 aliphatic heterocycles. The Morgan fingerprint density at radius 1 is 1.07 bits per heavy atom. The number of H-pyrrole nitrogens is 1. The molecular weight excluding hydrogens is 385 g/mol. The van der Waals surface area contributed by atoms with Crippen molar-refractivity contribution in [2.24, 2.45) is 0 Å². The standard InChI is InChI=1S/C19H15F3N6O/c20-19(21,22)13-3-6-15-16(9-13)27-17(26-15)7-8-23-18(29)12-1-4-14(5-2-12)28-10-24-25-11-28/h1-6,9-11H,7-8H2,(H,23,29)(H,26,27). The van der Waals surface area contributed by atoms with Crippen molar-refractivity contribution < 1.29 is 18.0 Å². The normalized spacial score (nSPS) is 11.7. The molecule has 0 saturated carbocycles. The highest BCUT2D eigenvalue weighted by atomic mass is 19.4. The van der Waals surface area contributed by atoms with Crippen molar-refractivity contribution in [1.82, 2.24) is 30.0 Å². The number of aromatic amines is 1. The molecule has 2 heterocycles. The maximum Gasteiger partial charge on any atom is 0.416 e. The van der Waals surface area contributed by atoms with Gasteiger partial charge in [-0.25, -0.2) is 4.98 Å². The van der Waals surface area contributed by atoms with Gasteiger partial charge in [-0.2, -0.15) is 13.2 Å². The number of hydrogen-bond donors (Lipinski definition) is 2. The van der Waals surface area contributed by atoms with Gasteiger partial charge in [0, 0.05) is 24.2 Å². The number of nitrogens with zero attached hydrogens (tertiary/aromatic N) is 4. The van der Waals surface area contributed by atoms with E-state index in [2.05, 4.69) is 25.5 Å². The zero-order valence-electron chi connectivity index (χ0n) is 14.9. The molecule has 2 aromatic heterocycles. The molecule has 0 spiro atoms. The molecule has 10 heteroatoms. The van der Waals surface area contributed by atoms with Gasteiger partial charge in [-0.1, -0.05) is 0 Å². The lowest BCUT2D eigenvalue weighted by atomic mass is 10.2. The first-order chi connectivity index (χ1) is 13.9. The predicted octanol–water partition coefficient (Wildman–Crippen LogP) is 3.13. The molecule has 4 rings (SSSR count). The quantitative estimate of drug-likeness (QED) is 0.539. The molecule has 0 radical (unpaired) electrons. The van der Waals surface area contributed by atoms with E-state index in [4.69, 9.17) is 0 Å². The number of hydrogen-bond acceptors (Lipinski definition) is 4. The number of carbonyl (C=O) groups is 1. The number of amides is 1. The van der Waals surface area contributed by atoms with Crippen LogP contribution in [-0.4, -0.2) is 37.2 Å². The van der Waals surface area contributed by atoms with E-state index in [-0.39, 0.29) is 12.5 Å². The Morgan fingerprint density at radius 2 is 1.79 bits per heavy atom. The van der Waals surface area contributed by atoms with E-state index in [1.165, 1.54) is 6.07 Å². The lowest BCUT2D eigenvalue weighted by Crippen LogP contribution is -2.25. The van der Waals surface area contributed by atoms with Crippen molar-refractivity contribution in [3.63, 3.8) is 0 Å². The van der Waals surface area contributed by atoms with Crippen LogP contribution in [0.25, 0.3) is 16.7 Å². The largest absolute Gasteiger partial charge is 0.416 e. The van der Waals surface area contributed by atoms with Crippen molar-refractivity contribution in [2.75, 3.05) is 6.54 Å². The van der Waals surface area contributed by atoms with E-state index < -0.39 is 11.7 Å². The number of halogens is 3. The van der Waals surface area contributed by atoms with Gasteiger partial charge in [-0.3, -0.25) is 9.36 Å². The van der Waals surface area contributed by atoms with Gasteiger partial charge in [0.05, 0.1) is 16.6 Å². The Balaban J connectivity index is 1.36. The molecule has 0 aliphatic carbocycles. The van der Waals surface area contributed by atoms with Crippen molar-refractivity contribution in [1.29, 1.82) is 0 Å². The van der Waals surface area contributed by atoms with Crippen molar-refractivity contribution in [3.05, 3.63) is 72.1 Å². The fourth-order valence-electron chi connectivity index (χ4n) is 2.87. The van der Waals surface area contributed by atoms with Gasteiger partial charge in [0.15, 0.2) is 0 Å². The van der Waals surface area contributed by atoms with Gasteiger partial charge in [0.25, 0.3) is 5.91 Å². The zero-order valence-corrected chi connectivity index (χ0v) is 14.9. The number of aromatic nitrogens is 5. The summed E-state index contributed by atoms with van der Waals surface area (Å²) >= 11 is 0. The lowest BCUT2D eigenvalue weighted by molar-refractivity contribution is -0.137. The Morgan fingerprint density at radius 3 is 2.48 bits per heavy atom. The average Bonchev–Trinajstić information content (AvgIpc) is 3.36. The van der Waals surface area contributed by atoms with Crippen LogP contribution in [0.4, 0.5) is 13.2 Å². The second-order valence-corrected chi connectivity index (χ2v) is 6.34. The molecule has 0 bridgehead atoms. The third-order valence-electron chi connectivity index (χ3n) is 4.35. The molecule has 1 amide bonds. The topological polar surface area (TPSA) is 88.5 Å². The smallest absolute Gasteiger partial charge is 0.352 e. The Hall–Kier alpha value is -3.69. The Bertz CT molecular complexity index is 1130. The van der Waals surface area contributed by atoms with Crippen LogP contribution in [0.2, 0.25) is 0 Å². The van der Waals surface area contributed by atoms with E-state index in [0.29, 0.717) is 28.8 Å². The molecule has 0 unspecified atom stereocenters. The SMILES string of the molecule is O=C(NCCc1nc2ccc(C(F)(F)F)cc2[nH]1)c1ccc(-n2cnnc2)cc1. The van der Waals surface area contributed by atoms with Gasteiger partial charge in [0.1, 0.15) is 18.5 Å². The number of rotatable bonds is 5. The first-order valence-electron chi connectivity index (χ1n) is 8.69. The van der Waals surface area contributed by atoms with Crippen LogP contribution in [0.15, 0.2) is 55.1 Å². The summed E-state index contributed by atoms with van der Waals surface area (Å²) in [5.74, 6) is 0.248. The van der Waals surface area contributed by atoms with E-state index in [0.717, 1.165) is 17.8 Å². The van der Waals surface area contributed by atoms with Crippen LogP contribution in [0.5, 0.6) is 0 Å². The highest BCUT2D eigenvalue weighted by molar-refractivity contribution is 5.94. The maximum atomic E-state index is 12.8. The molecule has 7 nitrogen and oxygen atoms in total. The molecule has 148 valence electrons. The van der Waals surface area contributed by atoms with Crippen LogP contribution in [0.1, 0.15) is 21.7 Å². The van der Waals surface area contributed by atoms with E-state index >= 15 is 0 Å². The van der Waals surface area contributed by atoms with Gasteiger partial charge in [0.2, 0.25) is 0 Å². The Kier molecular flexibility index (Phi) is 4.75. The van der Waals surface area contributed by atoms with Gasteiger partial charge >= 0.3 is 6.18 Å². The van der Waals surface area contributed by atoms with Crippen molar-refractivity contribution >= 4 is 16.9 Å². The summed E-state index contributed by atoms with van der Waals surface area (Å²) < 4.78 is 40.1. The summed E-state index contributed by atoms with van der Waals surface area (Å²) in [6, 6.07) is 10.3. The average molecular weight is 400 g/mol. The van der Waals surface area contributed by atoms with E-state index in [1.54, 1.807) is 41.5 Å². The van der Waals surface area contributed by atoms with Crippen molar-refractivity contribution in [2.45, 2.75) is 12.6 Å². The highest BCUT2D eigenvalue weighted by Gasteiger charge is 2.30.